The summed E-state index contributed by atoms with van der Waals surface area (Å²) in [4.78, 5) is 5.42. The van der Waals surface area contributed by atoms with Gasteiger partial charge in [0, 0.05) is 33.9 Å². The molecule has 0 unspecified atom stereocenters. The molecular weight excluding hydrogens is 952 g/mol. The summed E-state index contributed by atoms with van der Waals surface area (Å²) in [7, 11) is 0. The number of hydrogen-bond donors (Lipinski definition) is 0. The molecule has 0 bridgehead atoms. The normalized spacial score (nSPS) is 17.8. The summed E-state index contributed by atoms with van der Waals surface area (Å²) in [6.07, 6.45) is 2.27. The molecule has 0 saturated heterocycles. The van der Waals surface area contributed by atoms with Crippen LogP contribution in [-0.4, -0.2) is 6.71 Å². The summed E-state index contributed by atoms with van der Waals surface area (Å²) < 4.78 is 0. The van der Waals surface area contributed by atoms with Crippen molar-refractivity contribution >= 4 is 57.2 Å². The highest BCUT2D eigenvalue weighted by molar-refractivity contribution is 7.00. The highest BCUT2D eigenvalue weighted by Crippen LogP contribution is 2.55. The summed E-state index contributed by atoms with van der Waals surface area (Å²) in [5, 5.41) is 0. The fourth-order valence-corrected chi connectivity index (χ4v) is 15.1. The van der Waals surface area contributed by atoms with Crippen molar-refractivity contribution in [2.45, 2.75) is 221 Å². The van der Waals surface area contributed by atoms with E-state index in [0.717, 1.165) is 12.8 Å². The highest BCUT2D eigenvalue weighted by atomic mass is 15.2. The Hall–Kier alpha value is -5.80. The molecule has 0 fully saturated rings. The van der Waals surface area contributed by atoms with E-state index in [-0.39, 0.29) is 55.4 Å². The minimum Gasteiger partial charge on any atom is -0.311 e. The molecule has 79 heavy (non-hydrogen) atoms. The first kappa shape index (κ1) is 55.1. The topological polar surface area (TPSA) is 6.48 Å². The molecule has 2 nitrogen and oxygen atoms in total. The number of fused-ring (bicyclic) bond motifs is 6. The van der Waals surface area contributed by atoms with Crippen LogP contribution in [0.15, 0.2) is 121 Å². The average Bonchev–Trinajstić information content (AvgIpc) is 3.88. The summed E-state index contributed by atoms with van der Waals surface area (Å²) in [5.41, 5.74) is 29.3. The predicted octanol–water partition coefficient (Wildman–Crippen LogP) is 19.5. The maximum absolute atomic E-state index is 2.71. The Morgan fingerprint density at radius 1 is 0.304 bits per heavy atom. The Kier molecular flexibility index (Phi) is 12.1. The van der Waals surface area contributed by atoms with Crippen molar-refractivity contribution in [3.05, 3.63) is 171 Å². The first-order valence-corrected chi connectivity index (χ1v) is 30.0. The fraction of sp³-hybridized carbons (Fsp3) is 0.447. The number of hydrogen-bond acceptors (Lipinski definition) is 2. The first-order chi connectivity index (χ1) is 36.3. The van der Waals surface area contributed by atoms with Gasteiger partial charge in [0.2, 0.25) is 0 Å². The van der Waals surface area contributed by atoms with Gasteiger partial charge in [0.25, 0.3) is 6.71 Å². The van der Waals surface area contributed by atoms with E-state index in [9.17, 15) is 0 Å². The zero-order chi connectivity index (χ0) is 57.5. The Morgan fingerprint density at radius 3 is 0.937 bits per heavy atom. The Morgan fingerprint density at radius 2 is 0.608 bits per heavy atom. The molecule has 7 aromatic carbocycles. The van der Waals surface area contributed by atoms with Crippen LogP contribution in [0.4, 0.5) is 34.1 Å². The SMILES string of the molecule is CC(C)(C)c1ccc2c(c1)B1c3cc(C(C)(C)C)ccc3N(c3ccc(C(C)(C)C)cc3-c3ccc4c(c3)C(C)(C)CC4(C)C)c3cc(C(C)(C)C)cc(c31)N2c1ccc(C(C)(C)C)cc1-c1ccc2c(c1)C(C)(C)CC2(C)C. The largest absolute Gasteiger partial charge is 0.311 e. The lowest BCUT2D eigenvalue weighted by atomic mass is 9.33. The van der Waals surface area contributed by atoms with Crippen molar-refractivity contribution in [1.82, 2.24) is 0 Å². The minimum absolute atomic E-state index is 0.0261. The molecule has 2 aliphatic carbocycles. The molecule has 0 amide bonds. The van der Waals surface area contributed by atoms with Crippen LogP contribution in [0.3, 0.4) is 0 Å². The molecule has 0 spiro atoms. The molecule has 0 radical (unpaired) electrons. The van der Waals surface area contributed by atoms with Crippen LogP contribution in [0.2, 0.25) is 0 Å². The van der Waals surface area contributed by atoms with Gasteiger partial charge in [-0.05, 0) is 188 Å². The Labute approximate surface area is 479 Å². The summed E-state index contributed by atoms with van der Waals surface area (Å²) in [6.45, 7) is 55.2. The van der Waals surface area contributed by atoms with Gasteiger partial charge in [-0.3, -0.25) is 0 Å². The van der Waals surface area contributed by atoms with Gasteiger partial charge in [-0.2, -0.15) is 0 Å². The molecule has 2 aliphatic heterocycles. The molecule has 3 heteroatoms. The quantitative estimate of drug-likeness (QED) is 0.162. The van der Waals surface area contributed by atoms with Gasteiger partial charge in [-0.25, -0.2) is 0 Å². The monoisotopic (exact) mass is 1040 g/mol. The lowest BCUT2D eigenvalue weighted by molar-refractivity contribution is 0.402. The summed E-state index contributed by atoms with van der Waals surface area (Å²) in [5.74, 6) is 0. The second-order valence-electron chi connectivity index (χ2n) is 32.7. The minimum atomic E-state index is -0.167. The van der Waals surface area contributed by atoms with E-state index >= 15 is 0 Å². The highest BCUT2D eigenvalue weighted by Gasteiger charge is 2.48. The molecule has 0 N–H and O–H groups in total. The van der Waals surface area contributed by atoms with E-state index in [4.69, 9.17) is 0 Å². The van der Waals surface area contributed by atoms with Crippen LogP contribution < -0.4 is 26.2 Å². The third kappa shape index (κ3) is 9.06. The zero-order valence-corrected chi connectivity index (χ0v) is 52.9. The smallest absolute Gasteiger partial charge is 0.252 e. The van der Waals surface area contributed by atoms with Crippen LogP contribution in [0.5, 0.6) is 0 Å². The third-order valence-electron chi connectivity index (χ3n) is 19.2. The Bertz CT molecular complexity index is 3420. The molecule has 4 aliphatic rings. The zero-order valence-electron chi connectivity index (χ0n) is 52.9. The third-order valence-corrected chi connectivity index (χ3v) is 19.2. The average molecular weight is 1050 g/mol. The molecule has 0 atom stereocenters. The summed E-state index contributed by atoms with van der Waals surface area (Å²) in [6, 6.07) is 50.1. The Balaban J connectivity index is 1.28. The second kappa shape index (κ2) is 17.4. The molecule has 0 saturated carbocycles. The van der Waals surface area contributed by atoms with Crippen molar-refractivity contribution < 1.29 is 0 Å². The maximum Gasteiger partial charge on any atom is 0.252 e. The predicted molar refractivity (Wildman–Crippen MR) is 346 cm³/mol. The number of anilines is 6. The van der Waals surface area contributed by atoms with Gasteiger partial charge >= 0.3 is 0 Å². The van der Waals surface area contributed by atoms with E-state index in [1.165, 1.54) is 123 Å². The molecule has 410 valence electrons. The lowest BCUT2D eigenvalue weighted by Crippen LogP contribution is -2.62. The van der Waals surface area contributed by atoms with Crippen LogP contribution in [0.1, 0.15) is 222 Å². The standard InChI is InChI=1S/C76H93BN2/c1-68(2,3)48-26-32-61(53(38-48)46-24-30-55-57(36-46)75(20,21)44-73(55,16)17)78-63-34-28-50(70(7,8)9)40-59(63)77-60-41-51(71(10,11)12)29-35-64(60)79(66-43-52(72(13,14)15)42-65(78)67(66)77)62-33-27-49(69(4,5)6)39-54(62)47-25-31-56-58(37-47)76(22,23)45-74(56,18)19/h24-43H,44-45H2,1-23H3. The maximum atomic E-state index is 2.71. The van der Waals surface area contributed by atoms with Gasteiger partial charge in [0.1, 0.15) is 0 Å². The molecular formula is C76H93BN2. The fourth-order valence-electron chi connectivity index (χ4n) is 15.1. The number of benzene rings is 7. The number of rotatable bonds is 4. The van der Waals surface area contributed by atoms with Crippen molar-refractivity contribution in [1.29, 1.82) is 0 Å². The van der Waals surface area contributed by atoms with Gasteiger partial charge in [0.05, 0.1) is 11.4 Å². The first-order valence-electron chi connectivity index (χ1n) is 30.0. The van der Waals surface area contributed by atoms with Crippen LogP contribution in [-0.2, 0) is 48.7 Å². The number of nitrogens with zero attached hydrogens (tertiary/aromatic N) is 2. The molecule has 0 aromatic heterocycles. The molecule has 7 aromatic rings. The van der Waals surface area contributed by atoms with Gasteiger partial charge in [-0.15, -0.1) is 0 Å². The van der Waals surface area contributed by atoms with Gasteiger partial charge < -0.3 is 9.80 Å². The van der Waals surface area contributed by atoms with Crippen molar-refractivity contribution in [2.75, 3.05) is 9.80 Å². The van der Waals surface area contributed by atoms with Crippen LogP contribution in [0, 0.1) is 0 Å². The van der Waals surface area contributed by atoms with Crippen LogP contribution in [0.25, 0.3) is 22.3 Å². The molecule has 11 rings (SSSR count). The van der Waals surface area contributed by atoms with E-state index in [1.54, 1.807) is 0 Å². The van der Waals surface area contributed by atoms with Crippen LogP contribution >= 0.6 is 0 Å². The van der Waals surface area contributed by atoms with E-state index in [1.807, 2.05) is 0 Å². The van der Waals surface area contributed by atoms with Crippen molar-refractivity contribution in [3.8, 4) is 22.3 Å². The van der Waals surface area contributed by atoms with E-state index in [2.05, 4.69) is 290 Å². The summed E-state index contributed by atoms with van der Waals surface area (Å²) >= 11 is 0. The second-order valence-corrected chi connectivity index (χ2v) is 32.7. The van der Waals surface area contributed by atoms with Gasteiger partial charge in [0.15, 0.2) is 0 Å². The van der Waals surface area contributed by atoms with E-state index in [0.29, 0.717) is 0 Å². The van der Waals surface area contributed by atoms with E-state index < -0.39 is 0 Å². The molecule has 2 heterocycles. The van der Waals surface area contributed by atoms with Gasteiger partial charge in [-0.1, -0.05) is 232 Å². The van der Waals surface area contributed by atoms with Crippen molar-refractivity contribution in [2.24, 2.45) is 0 Å². The van der Waals surface area contributed by atoms with Crippen molar-refractivity contribution in [3.63, 3.8) is 0 Å². The lowest BCUT2D eigenvalue weighted by Gasteiger charge is -2.46.